The molecule has 0 unspecified atom stereocenters. The van der Waals surface area contributed by atoms with Gasteiger partial charge in [0.1, 0.15) is 5.82 Å². The minimum atomic E-state index is -0.122. The zero-order valence-electron chi connectivity index (χ0n) is 15.8. The fourth-order valence-corrected chi connectivity index (χ4v) is 3.79. The molecule has 0 radical (unpaired) electrons. The molecule has 2 aromatic heterocycles. The van der Waals surface area contributed by atoms with Gasteiger partial charge in [-0.05, 0) is 32.0 Å². The molecular formula is C21H24FN5. The Balaban J connectivity index is 1.47. The molecule has 1 aromatic carbocycles. The smallest absolute Gasteiger partial charge is 0.153 e. The molecule has 1 saturated heterocycles. The summed E-state index contributed by atoms with van der Waals surface area (Å²) in [5.41, 5.74) is 4.07. The third kappa shape index (κ3) is 3.57. The van der Waals surface area contributed by atoms with E-state index in [9.17, 15) is 4.39 Å². The summed E-state index contributed by atoms with van der Waals surface area (Å²) in [6.45, 7) is 8.42. The van der Waals surface area contributed by atoms with E-state index in [4.69, 9.17) is 5.10 Å². The zero-order chi connectivity index (χ0) is 18.8. The summed E-state index contributed by atoms with van der Waals surface area (Å²) in [4.78, 5) is 9.11. The van der Waals surface area contributed by atoms with Crippen molar-refractivity contribution >= 4 is 5.69 Å². The molecule has 140 valence electrons. The second-order valence-corrected chi connectivity index (χ2v) is 6.97. The van der Waals surface area contributed by atoms with Crippen molar-refractivity contribution < 1.29 is 4.39 Å². The van der Waals surface area contributed by atoms with Crippen molar-refractivity contribution in [2.75, 3.05) is 31.1 Å². The number of piperazine rings is 1. The second kappa shape index (κ2) is 7.48. The second-order valence-electron chi connectivity index (χ2n) is 6.97. The molecule has 0 atom stereocenters. The molecule has 27 heavy (non-hydrogen) atoms. The highest BCUT2D eigenvalue weighted by atomic mass is 19.1. The number of anilines is 1. The molecule has 5 nitrogen and oxygen atoms in total. The normalized spacial score (nSPS) is 15.3. The van der Waals surface area contributed by atoms with E-state index in [1.807, 2.05) is 41.9 Å². The zero-order valence-corrected chi connectivity index (χ0v) is 15.8. The predicted molar refractivity (Wildman–Crippen MR) is 105 cm³/mol. The van der Waals surface area contributed by atoms with Crippen LogP contribution in [0.4, 0.5) is 10.1 Å². The third-order valence-corrected chi connectivity index (χ3v) is 5.16. The number of hydrogen-bond acceptors (Lipinski definition) is 4. The lowest BCUT2D eigenvalue weighted by atomic mass is 10.1. The van der Waals surface area contributed by atoms with Gasteiger partial charge in [-0.1, -0.05) is 24.3 Å². The van der Waals surface area contributed by atoms with Crippen molar-refractivity contribution in [2.24, 2.45) is 0 Å². The van der Waals surface area contributed by atoms with Crippen LogP contribution >= 0.6 is 0 Å². The van der Waals surface area contributed by atoms with Gasteiger partial charge in [-0.3, -0.25) is 4.90 Å². The Morgan fingerprint density at radius 3 is 2.41 bits per heavy atom. The first-order chi connectivity index (χ1) is 13.1. The number of hydrogen-bond donors (Lipinski definition) is 0. The number of nitrogens with zero attached hydrogens (tertiary/aromatic N) is 5. The number of aryl methyl sites for hydroxylation is 1. The first-order valence-electron chi connectivity index (χ1n) is 9.32. The number of rotatable bonds is 4. The van der Waals surface area contributed by atoms with Gasteiger partial charge >= 0.3 is 0 Å². The Bertz CT molecular complexity index is 914. The van der Waals surface area contributed by atoms with Crippen LogP contribution in [0.3, 0.4) is 0 Å². The highest BCUT2D eigenvalue weighted by Crippen LogP contribution is 2.27. The van der Waals surface area contributed by atoms with Gasteiger partial charge in [0.2, 0.25) is 0 Å². The van der Waals surface area contributed by atoms with E-state index in [1.165, 1.54) is 11.8 Å². The van der Waals surface area contributed by atoms with Crippen molar-refractivity contribution in [2.45, 2.75) is 20.4 Å². The maximum absolute atomic E-state index is 13.9. The summed E-state index contributed by atoms with van der Waals surface area (Å²) < 4.78 is 15.8. The van der Waals surface area contributed by atoms with Crippen LogP contribution in [-0.4, -0.2) is 45.8 Å². The molecule has 0 amide bonds. The summed E-state index contributed by atoms with van der Waals surface area (Å²) in [5, 5.41) is 4.70. The number of halogens is 1. The largest absolute Gasteiger partial charge is 0.366 e. The average Bonchev–Trinajstić information content (AvgIpc) is 2.99. The minimum Gasteiger partial charge on any atom is -0.366 e. The summed E-state index contributed by atoms with van der Waals surface area (Å²) in [5.74, 6) is 0.714. The molecule has 6 heteroatoms. The predicted octanol–water partition coefficient (Wildman–Crippen LogP) is 3.35. The Kier molecular flexibility index (Phi) is 4.90. The summed E-state index contributed by atoms with van der Waals surface area (Å²) in [6.07, 6.45) is 1.78. The van der Waals surface area contributed by atoms with Crippen molar-refractivity contribution in [3.8, 4) is 5.82 Å². The SMILES string of the molecule is Cc1nn(-c2ccccn2)c(C)c1N1CCN(Cc2ccccc2F)CC1. The van der Waals surface area contributed by atoms with Crippen molar-refractivity contribution in [3.05, 3.63) is 71.4 Å². The van der Waals surface area contributed by atoms with Crippen LogP contribution in [-0.2, 0) is 6.54 Å². The lowest BCUT2D eigenvalue weighted by Gasteiger charge is -2.36. The van der Waals surface area contributed by atoms with Gasteiger partial charge in [-0.15, -0.1) is 0 Å². The topological polar surface area (TPSA) is 37.2 Å². The van der Waals surface area contributed by atoms with Gasteiger partial charge in [-0.25, -0.2) is 14.1 Å². The lowest BCUT2D eigenvalue weighted by molar-refractivity contribution is 0.246. The fourth-order valence-electron chi connectivity index (χ4n) is 3.79. The van der Waals surface area contributed by atoms with Crippen LogP contribution in [0.2, 0.25) is 0 Å². The lowest BCUT2D eigenvalue weighted by Crippen LogP contribution is -2.46. The summed E-state index contributed by atoms with van der Waals surface area (Å²) in [7, 11) is 0. The van der Waals surface area contributed by atoms with Crippen molar-refractivity contribution in [3.63, 3.8) is 0 Å². The van der Waals surface area contributed by atoms with E-state index in [-0.39, 0.29) is 5.82 Å². The van der Waals surface area contributed by atoms with E-state index in [1.54, 1.807) is 12.3 Å². The maximum atomic E-state index is 13.9. The molecule has 0 bridgehead atoms. The van der Waals surface area contributed by atoms with Crippen LogP contribution in [0.1, 0.15) is 17.0 Å². The van der Waals surface area contributed by atoms with Crippen LogP contribution < -0.4 is 4.90 Å². The average molecular weight is 365 g/mol. The van der Waals surface area contributed by atoms with E-state index in [0.29, 0.717) is 6.54 Å². The van der Waals surface area contributed by atoms with Crippen molar-refractivity contribution in [1.29, 1.82) is 0 Å². The maximum Gasteiger partial charge on any atom is 0.153 e. The van der Waals surface area contributed by atoms with E-state index < -0.39 is 0 Å². The number of aromatic nitrogens is 3. The quantitative estimate of drug-likeness (QED) is 0.711. The molecule has 1 aliphatic rings. The van der Waals surface area contributed by atoms with Crippen molar-refractivity contribution in [1.82, 2.24) is 19.7 Å². The van der Waals surface area contributed by atoms with E-state index in [2.05, 4.69) is 21.7 Å². The highest BCUT2D eigenvalue weighted by molar-refractivity contribution is 5.56. The Hall–Kier alpha value is -2.73. The van der Waals surface area contributed by atoms with Gasteiger partial charge < -0.3 is 4.90 Å². The highest BCUT2D eigenvalue weighted by Gasteiger charge is 2.24. The number of benzene rings is 1. The first kappa shape index (κ1) is 17.7. The Labute approximate surface area is 159 Å². The van der Waals surface area contributed by atoms with E-state index >= 15 is 0 Å². The van der Waals surface area contributed by atoms with Gasteiger partial charge in [0.05, 0.1) is 17.1 Å². The molecule has 3 aromatic rings. The molecule has 1 fully saturated rings. The monoisotopic (exact) mass is 365 g/mol. The standard InChI is InChI=1S/C21H24FN5/c1-16-21(17(2)27(24-16)20-9-5-6-10-23-20)26-13-11-25(12-14-26)15-18-7-3-4-8-19(18)22/h3-10H,11-15H2,1-2H3. The molecule has 0 saturated carbocycles. The molecule has 1 aliphatic heterocycles. The van der Waals surface area contributed by atoms with Crippen LogP contribution in [0, 0.1) is 19.7 Å². The minimum absolute atomic E-state index is 0.122. The van der Waals surface area contributed by atoms with E-state index in [0.717, 1.165) is 48.9 Å². The van der Waals surface area contributed by atoms with Gasteiger partial charge in [0.15, 0.2) is 5.82 Å². The van der Waals surface area contributed by atoms with Gasteiger partial charge in [0, 0.05) is 44.5 Å². The molecule has 4 rings (SSSR count). The third-order valence-electron chi connectivity index (χ3n) is 5.16. The summed E-state index contributed by atoms with van der Waals surface area (Å²) >= 11 is 0. The first-order valence-corrected chi connectivity index (χ1v) is 9.32. The van der Waals surface area contributed by atoms with Gasteiger partial charge in [0.25, 0.3) is 0 Å². The Morgan fingerprint density at radius 1 is 0.963 bits per heavy atom. The Morgan fingerprint density at radius 2 is 1.70 bits per heavy atom. The van der Waals surface area contributed by atoms with Crippen LogP contribution in [0.5, 0.6) is 0 Å². The molecule has 0 aliphatic carbocycles. The molecule has 0 N–H and O–H groups in total. The molecule has 0 spiro atoms. The molecular weight excluding hydrogens is 341 g/mol. The van der Waals surface area contributed by atoms with Crippen LogP contribution in [0.15, 0.2) is 48.7 Å². The van der Waals surface area contributed by atoms with Crippen LogP contribution in [0.25, 0.3) is 5.82 Å². The molecule has 3 heterocycles. The summed E-state index contributed by atoms with van der Waals surface area (Å²) in [6, 6.07) is 12.9. The fraction of sp³-hybridized carbons (Fsp3) is 0.333. The number of pyridine rings is 1. The van der Waals surface area contributed by atoms with Gasteiger partial charge in [-0.2, -0.15) is 5.10 Å².